The molecule has 8 atom stereocenters. The maximum Gasteiger partial charge on any atom is 0.246 e. The highest BCUT2D eigenvalue weighted by Crippen LogP contribution is 2.58. The van der Waals surface area contributed by atoms with E-state index in [1.807, 2.05) is 4.90 Å². The van der Waals surface area contributed by atoms with Gasteiger partial charge in [0.1, 0.15) is 0 Å². The molecule has 10 heteroatoms. The van der Waals surface area contributed by atoms with Gasteiger partial charge in [0.15, 0.2) is 12.1 Å². The van der Waals surface area contributed by atoms with Crippen LogP contribution in [0.25, 0.3) is 0 Å². The summed E-state index contributed by atoms with van der Waals surface area (Å²) in [6.07, 6.45) is 13.6. The average molecular weight is 687 g/mol. The standard InChI is InChI=1S/C40H58N6O4/c1-4-34(47)46-24-23-45(26-30(46)19-21-41)40(29-14-8-6-5-7-9-15-29)33-18-20-39(25-28-13-10-11-17-32(28)37(39)49-3)36(48)35(33)42-38(43-40)50-27-31-16-12-22-44(31)2/h4,10-11,13,17,29-31,33,35,37-38,42-43H,1,5-9,12,14-16,18-20,22-27H2,2-3H3/t30?,31?,33?,35?,37?,38?,39-,40?/m1/s1. The van der Waals surface area contributed by atoms with Gasteiger partial charge in [0.05, 0.1) is 48.4 Å². The Morgan fingerprint density at radius 3 is 2.56 bits per heavy atom. The Morgan fingerprint density at radius 2 is 1.84 bits per heavy atom. The van der Waals surface area contributed by atoms with E-state index >= 15 is 4.79 Å². The number of ether oxygens (including phenoxy) is 2. The first kappa shape index (κ1) is 35.7. The van der Waals surface area contributed by atoms with Crippen LogP contribution in [0.15, 0.2) is 36.9 Å². The summed E-state index contributed by atoms with van der Waals surface area (Å²) in [5.41, 5.74) is 1.18. The Morgan fingerprint density at radius 1 is 1.06 bits per heavy atom. The maximum atomic E-state index is 15.4. The molecule has 0 aromatic heterocycles. The number of carbonyl (C=O) groups is 2. The van der Waals surface area contributed by atoms with Crippen LogP contribution in [0.5, 0.6) is 0 Å². The summed E-state index contributed by atoms with van der Waals surface area (Å²) >= 11 is 0. The molecule has 1 amide bonds. The minimum absolute atomic E-state index is 0.00957. The highest BCUT2D eigenvalue weighted by atomic mass is 16.5. The molecule has 5 fully saturated rings. The summed E-state index contributed by atoms with van der Waals surface area (Å²) in [6.45, 7) is 7.18. The van der Waals surface area contributed by atoms with E-state index in [4.69, 9.17) is 9.47 Å². The third-order valence-electron chi connectivity index (χ3n) is 13.6. The normalized spacial score (nSPS) is 37.1. The van der Waals surface area contributed by atoms with Crippen LogP contribution >= 0.6 is 0 Å². The van der Waals surface area contributed by atoms with Crippen molar-refractivity contribution < 1.29 is 19.1 Å². The molecule has 7 unspecified atom stereocenters. The number of fused-ring (bicyclic) bond motifs is 2. The Labute approximate surface area is 298 Å². The minimum atomic E-state index is -0.634. The molecule has 1 aromatic rings. The van der Waals surface area contributed by atoms with Crippen molar-refractivity contribution in [2.45, 2.75) is 120 Å². The Kier molecular flexibility index (Phi) is 10.8. The number of likely N-dealkylation sites (N-methyl/N-ethyl adjacent to an activating group) is 1. The van der Waals surface area contributed by atoms with Crippen molar-refractivity contribution in [3.8, 4) is 6.07 Å². The lowest BCUT2D eigenvalue weighted by Crippen LogP contribution is -2.83. The SMILES string of the molecule is C=CC(=O)N1CCN(C2(C3CCCCCCC3)NC(OCC3CCCN3C)NC3C(=O)[C@@]4(CCC32)Cc2ccccc2C4OC)CC1CC#N. The number of Topliss-reactive ketones (excluding diaryl/α,β-unsaturated/α-hetero) is 1. The number of piperazine rings is 1. The number of likely N-dealkylation sites (tertiary alicyclic amines) is 1. The molecule has 3 heterocycles. The van der Waals surface area contributed by atoms with E-state index in [1.54, 1.807) is 7.11 Å². The summed E-state index contributed by atoms with van der Waals surface area (Å²) in [7, 11) is 3.93. The molecule has 10 nitrogen and oxygen atoms in total. The largest absolute Gasteiger partial charge is 0.376 e. The molecule has 3 aliphatic heterocycles. The van der Waals surface area contributed by atoms with E-state index in [9.17, 15) is 10.1 Å². The van der Waals surface area contributed by atoms with Crippen LogP contribution in [0.4, 0.5) is 0 Å². The number of amides is 1. The monoisotopic (exact) mass is 686 g/mol. The summed E-state index contributed by atoms with van der Waals surface area (Å²) in [5.74, 6) is 0.408. The molecule has 6 aliphatic rings. The van der Waals surface area contributed by atoms with Gasteiger partial charge in [-0.25, -0.2) is 0 Å². The summed E-state index contributed by atoms with van der Waals surface area (Å²) in [4.78, 5) is 35.3. The van der Waals surface area contributed by atoms with Crippen LogP contribution < -0.4 is 10.6 Å². The van der Waals surface area contributed by atoms with Gasteiger partial charge in [0.2, 0.25) is 5.91 Å². The number of carbonyl (C=O) groups excluding carboxylic acids is 2. The molecule has 1 spiro atoms. The third kappa shape index (κ3) is 6.26. The maximum absolute atomic E-state index is 15.4. The zero-order valence-electron chi connectivity index (χ0n) is 30.3. The first-order valence-corrected chi connectivity index (χ1v) is 19.4. The molecule has 1 aromatic carbocycles. The molecule has 0 bridgehead atoms. The van der Waals surface area contributed by atoms with Gasteiger partial charge in [-0.05, 0) is 81.7 Å². The molecular weight excluding hydrogens is 628 g/mol. The van der Waals surface area contributed by atoms with Crippen molar-refractivity contribution in [1.82, 2.24) is 25.3 Å². The van der Waals surface area contributed by atoms with Gasteiger partial charge in [-0.1, -0.05) is 62.9 Å². The van der Waals surface area contributed by atoms with Gasteiger partial charge in [-0.3, -0.25) is 25.1 Å². The van der Waals surface area contributed by atoms with Crippen molar-refractivity contribution in [3.63, 3.8) is 0 Å². The number of nitrogens with zero attached hydrogens (tertiary/aromatic N) is 4. The van der Waals surface area contributed by atoms with Gasteiger partial charge < -0.3 is 19.3 Å². The highest BCUT2D eigenvalue weighted by molar-refractivity contribution is 5.93. The van der Waals surface area contributed by atoms with Gasteiger partial charge >= 0.3 is 0 Å². The van der Waals surface area contributed by atoms with Crippen LogP contribution in [-0.2, 0) is 25.5 Å². The highest BCUT2D eigenvalue weighted by Gasteiger charge is 2.65. The molecule has 0 radical (unpaired) electrons. The predicted molar refractivity (Wildman–Crippen MR) is 192 cm³/mol. The zero-order valence-corrected chi connectivity index (χ0v) is 30.3. The van der Waals surface area contributed by atoms with Gasteiger partial charge in [-0.15, -0.1) is 0 Å². The van der Waals surface area contributed by atoms with Gasteiger partial charge in [0.25, 0.3) is 0 Å². The summed E-state index contributed by atoms with van der Waals surface area (Å²) in [6, 6.07) is 10.5. The van der Waals surface area contributed by atoms with Gasteiger partial charge in [0, 0.05) is 38.7 Å². The number of nitriles is 1. The first-order chi connectivity index (χ1) is 24.4. The smallest absolute Gasteiger partial charge is 0.246 e. The fraction of sp³-hybridized carbons (Fsp3) is 0.725. The second-order valence-corrected chi connectivity index (χ2v) is 16.0. The summed E-state index contributed by atoms with van der Waals surface area (Å²) in [5, 5.41) is 17.9. The van der Waals surface area contributed by atoms with E-state index in [2.05, 4.69) is 64.4 Å². The van der Waals surface area contributed by atoms with Crippen LogP contribution in [-0.4, -0.2) is 103 Å². The molecule has 50 heavy (non-hydrogen) atoms. The molecule has 2 N–H and O–H groups in total. The van der Waals surface area contributed by atoms with Crippen molar-refractivity contribution in [2.75, 3.05) is 46.9 Å². The fourth-order valence-electron chi connectivity index (χ4n) is 11.1. The van der Waals surface area contributed by atoms with Crippen molar-refractivity contribution in [2.24, 2.45) is 17.3 Å². The molecule has 3 aliphatic carbocycles. The lowest BCUT2D eigenvalue weighted by Gasteiger charge is -2.64. The predicted octanol–water partition coefficient (Wildman–Crippen LogP) is 4.52. The van der Waals surface area contributed by atoms with Crippen LogP contribution in [0.2, 0.25) is 0 Å². The Hall–Kier alpha value is -2.65. The van der Waals surface area contributed by atoms with Crippen molar-refractivity contribution in [3.05, 3.63) is 48.0 Å². The van der Waals surface area contributed by atoms with Crippen LogP contribution in [0.3, 0.4) is 0 Å². The number of benzene rings is 1. The number of nitrogens with one attached hydrogen (secondary N) is 2. The molecule has 7 rings (SSSR count). The van der Waals surface area contributed by atoms with E-state index in [0.717, 1.165) is 57.1 Å². The quantitative estimate of drug-likeness (QED) is 0.382. The minimum Gasteiger partial charge on any atom is -0.376 e. The second-order valence-electron chi connectivity index (χ2n) is 16.0. The lowest BCUT2D eigenvalue weighted by atomic mass is 9.58. The number of hydrogen-bond donors (Lipinski definition) is 2. The molecular formula is C40H58N6O4. The second kappa shape index (κ2) is 15.1. The molecule has 2 saturated carbocycles. The lowest BCUT2D eigenvalue weighted by molar-refractivity contribution is -0.194. The van der Waals surface area contributed by atoms with E-state index in [0.29, 0.717) is 44.6 Å². The first-order valence-electron chi connectivity index (χ1n) is 19.4. The fourth-order valence-corrected chi connectivity index (χ4v) is 11.1. The number of ketones is 1. The zero-order chi connectivity index (χ0) is 34.9. The van der Waals surface area contributed by atoms with Crippen molar-refractivity contribution in [1.29, 1.82) is 5.26 Å². The summed E-state index contributed by atoms with van der Waals surface area (Å²) < 4.78 is 13.1. The Balaban J connectivity index is 1.29. The third-order valence-corrected chi connectivity index (χ3v) is 13.6. The van der Waals surface area contributed by atoms with Gasteiger partial charge in [-0.2, -0.15) is 5.26 Å². The topological polar surface area (TPSA) is 110 Å². The number of rotatable bonds is 8. The Bertz CT molecular complexity index is 1440. The number of methoxy groups -OCH3 is 1. The average Bonchev–Trinajstić information content (AvgIpc) is 3.68. The van der Waals surface area contributed by atoms with E-state index in [-0.39, 0.29) is 36.2 Å². The van der Waals surface area contributed by atoms with E-state index < -0.39 is 23.5 Å². The number of hydrogen-bond acceptors (Lipinski definition) is 9. The molecule has 272 valence electrons. The van der Waals surface area contributed by atoms with Crippen LogP contribution in [0, 0.1) is 28.6 Å². The van der Waals surface area contributed by atoms with Crippen LogP contribution in [0.1, 0.15) is 94.3 Å². The van der Waals surface area contributed by atoms with E-state index in [1.165, 1.54) is 37.3 Å². The molecule has 3 saturated heterocycles. The van der Waals surface area contributed by atoms with Crippen molar-refractivity contribution >= 4 is 11.7 Å².